The number of aliphatic hydroxyl groups excluding tert-OH is 1. The second-order valence-electron chi connectivity index (χ2n) is 4.26. The molecule has 0 aliphatic heterocycles. The molecule has 1 unspecified atom stereocenters. The molecule has 0 amide bonds. The van der Waals surface area contributed by atoms with E-state index in [1.165, 1.54) is 0 Å². The summed E-state index contributed by atoms with van der Waals surface area (Å²) in [5.74, 6) is -1.14. The smallest absolute Gasteiger partial charge is 0.129 e. The van der Waals surface area contributed by atoms with E-state index in [1.807, 2.05) is 30.3 Å². The van der Waals surface area contributed by atoms with Crippen LogP contribution >= 0.6 is 0 Å². The van der Waals surface area contributed by atoms with Gasteiger partial charge in [-0.05, 0) is 36.8 Å². The summed E-state index contributed by atoms with van der Waals surface area (Å²) in [6.45, 7) is 0.473. The van der Waals surface area contributed by atoms with Crippen molar-refractivity contribution in [3.05, 3.63) is 65.7 Å². The number of rotatable bonds is 5. The van der Waals surface area contributed by atoms with Gasteiger partial charge in [-0.3, -0.25) is 0 Å². The van der Waals surface area contributed by atoms with Crippen molar-refractivity contribution in [1.82, 2.24) is 0 Å². The van der Waals surface area contributed by atoms with Crippen molar-refractivity contribution >= 4 is 5.69 Å². The van der Waals surface area contributed by atoms with Crippen molar-refractivity contribution in [3.63, 3.8) is 0 Å². The summed E-state index contributed by atoms with van der Waals surface area (Å²) in [5.41, 5.74) is 0.921. The average molecular weight is 263 g/mol. The topological polar surface area (TPSA) is 32.3 Å². The Morgan fingerprint density at radius 1 is 1.05 bits per heavy atom. The second-order valence-corrected chi connectivity index (χ2v) is 4.26. The molecule has 0 aliphatic carbocycles. The highest BCUT2D eigenvalue weighted by Gasteiger charge is 2.13. The Labute approximate surface area is 110 Å². The second kappa shape index (κ2) is 6.29. The van der Waals surface area contributed by atoms with Gasteiger partial charge < -0.3 is 10.4 Å². The largest absolute Gasteiger partial charge is 0.388 e. The van der Waals surface area contributed by atoms with Crippen molar-refractivity contribution in [2.24, 2.45) is 0 Å². The van der Waals surface area contributed by atoms with Crippen molar-refractivity contribution < 1.29 is 13.9 Å². The number of hydrogen-bond acceptors (Lipinski definition) is 2. The minimum Gasteiger partial charge on any atom is -0.388 e. The summed E-state index contributed by atoms with van der Waals surface area (Å²) >= 11 is 0. The molecule has 2 nitrogen and oxygen atoms in total. The molecule has 0 aromatic heterocycles. The molecule has 2 N–H and O–H groups in total. The van der Waals surface area contributed by atoms with E-state index in [9.17, 15) is 13.9 Å². The van der Waals surface area contributed by atoms with Crippen LogP contribution in [0.3, 0.4) is 0 Å². The number of nitrogens with one attached hydrogen (secondary N) is 1. The molecule has 0 spiro atoms. The lowest BCUT2D eigenvalue weighted by Gasteiger charge is -2.13. The fourth-order valence-corrected chi connectivity index (χ4v) is 1.83. The van der Waals surface area contributed by atoms with Gasteiger partial charge in [0, 0.05) is 17.8 Å². The predicted molar refractivity (Wildman–Crippen MR) is 70.9 cm³/mol. The van der Waals surface area contributed by atoms with Gasteiger partial charge in [0.25, 0.3) is 0 Å². The number of hydrogen-bond donors (Lipinski definition) is 2. The van der Waals surface area contributed by atoms with Crippen molar-refractivity contribution in [1.29, 1.82) is 0 Å². The van der Waals surface area contributed by atoms with Crippen LogP contribution in [-0.2, 0) is 0 Å². The molecular weight excluding hydrogens is 248 g/mol. The molecular formula is C15H15F2NO. The molecule has 19 heavy (non-hydrogen) atoms. The lowest BCUT2D eigenvalue weighted by atomic mass is 10.1. The van der Waals surface area contributed by atoms with Gasteiger partial charge in [0.15, 0.2) is 0 Å². The van der Waals surface area contributed by atoms with Gasteiger partial charge in [-0.25, -0.2) is 8.78 Å². The van der Waals surface area contributed by atoms with Crippen LogP contribution in [0.1, 0.15) is 18.1 Å². The Morgan fingerprint density at radius 2 is 1.79 bits per heavy atom. The summed E-state index contributed by atoms with van der Waals surface area (Å²) in [4.78, 5) is 0. The first kappa shape index (κ1) is 13.5. The molecule has 0 fully saturated rings. The van der Waals surface area contributed by atoms with Gasteiger partial charge in [-0.15, -0.1) is 0 Å². The Balaban J connectivity index is 1.91. The van der Waals surface area contributed by atoms with Crippen LogP contribution in [-0.4, -0.2) is 11.7 Å². The van der Waals surface area contributed by atoms with E-state index in [1.54, 1.807) is 0 Å². The maximum absolute atomic E-state index is 13.4. The third kappa shape index (κ3) is 3.76. The van der Waals surface area contributed by atoms with Crippen LogP contribution in [0.25, 0.3) is 0 Å². The van der Waals surface area contributed by atoms with Gasteiger partial charge >= 0.3 is 0 Å². The lowest BCUT2D eigenvalue weighted by Crippen LogP contribution is -2.09. The van der Waals surface area contributed by atoms with Gasteiger partial charge in [0.1, 0.15) is 11.6 Å². The molecule has 0 radical (unpaired) electrons. The molecule has 2 aromatic carbocycles. The Morgan fingerprint density at radius 3 is 2.53 bits per heavy atom. The number of anilines is 1. The number of benzene rings is 2. The van der Waals surface area contributed by atoms with E-state index < -0.39 is 17.7 Å². The van der Waals surface area contributed by atoms with Crippen molar-refractivity contribution in [3.8, 4) is 0 Å². The van der Waals surface area contributed by atoms with E-state index in [0.29, 0.717) is 13.0 Å². The molecule has 4 heteroatoms. The monoisotopic (exact) mass is 263 g/mol. The number of para-hydroxylation sites is 1. The first-order chi connectivity index (χ1) is 9.16. The third-order valence-corrected chi connectivity index (χ3v) is 2.84. The Hall–Kier alpha value is -1.94. The van der Waals surface area contributed by atoms with Gasteiger partial charge in [-0.1, -0.05) is 18.2 Å². The fourth-order valence-electron chi connectivity index (χ4n) is 1.83. The molecule has 0 aliphatic rings. The highest BCUT2D eigenvalue weighted by atomic mass is 19.1. The minimum atomic E-state index is -1.02. The van der Waals surface area contributed by atoms with Crippen LogP contribution in [0.2, 0.25) is 0 Å². The van der Waals surface area contributed by atoms with Crippen LogP contribution in [0.5, 0.6) is 0 Å². The highest BCUT2D eigenvalue weighted by molar-refractivity contribution is 5.42. The summed E-state index contributed by atoms with van der Waals surface area (Å²) in [6, 6.07) is 12.6. The zero-order valence-corrected chi connectivity index (χ0v) is 10.3. The van der Waals surface area contributed by atoms with Crippen LogP contribution in [0.4, 0.5) is 14.5 Å². The van der Waals surface area contributed by atoms with E-state index in [2.05, 4.69) is 5.32 Å². The SMILES string of the molecule is OC(CCNc1ccccc1)c1cc(F)ccc1F. The maximum Gasteiger partial charge on any atom is 0.129 e. The standard InChI is InChI=1S/C15H15F2NO/c16-11-6-7-14(17)13(10-11)15(19)8-9-18-12-4-2-1-3-5-12/h1-7,10,15,18-19H,8-9H2. The molecule has 0 saturated carbocycles. The van der Waals surface area contributed by atoms with E-state index in [4.69, 9.17) is 0 Å². The minimum absolute atomic E-state index is 0.00476. The Bertz CT molecular complexity index is 531. The molecule has 1 atom stereocenters. The van der Waals surface area contributed by atoms with Crippen LogP contribution < -0.4 is 5.32 Å². The van der Waals surface area contributed by atoms with E-state index >= 15 is 0 Å². The van der Waals surface area contributed by atoms with Gasteiger partial charge in [0.05, 0.1) is 6.10 Å². The summed E-state index contributed by atoms with van der Waals surface area (Å²) in [7, 11) is 0. The zero-order chi connectivity index (χ0) is 13.7. The molecule has 0 saturated heterocycles. The third-order valence-electron chi connectivity index (χ3n) is 2.84. The average Bonchev–Trinajstić information content (AvgIpc) is 2.42. The van der Waals surface area contributed by atoms with Gasteiger partial charge in [0.2, 0.25) is 0 Å². The predicted octanol–water partition coefficient (Wildman–Crippen LogP) is 3.50. The maximum atomic E-state index is 13.4. The van der Waals surface area contributed by atoms with Crippen molar-refractivity contribution in [2.45, 2.75) is 12.5 Å². The summed E-state index contributed by atoms with van der Waals surface area (Å²) < 4.78 is 26.4. The van der Waals surface area contributed by atoms with Crippen LogP contribution in [0, 0.1) is 11.6 Å². The molecule has 2 aromatic rings. The summed E-state index contributed by atoms with van der Waals surface area (Å²) in [6.07, 6.45) is -0.721. The normalized spacial score (nSPS) is 12.2. The molecule has 100 valence electrons. The van der Waals surface area contributed by atoms with Crippen LogP contribution in [0.15, 0.2) is 48.5 Å². The van der Waals surface area contributed by atoms with Gasteiger partial charge in [-0.2, -0.15) is 0 Å². The fraction of sp³-hybridized carbons (Fsp3) is 0.200. The summed E-state index contributed by atoms with van der Waals surface area (Å²) in [5, 5.41) is 13.0. The molecule has 2 rings (SSSR count). The lowest BCUT2D eigenvalue weighted by molar-refractivity contribution is 0.166. The van der Waals surface area contributed by atoms with E-state index in [-0.39, 0.29) is 5.56 Å². The van der Waals surface area contributed by atoms with E-state index in [0.717, 1.165) is 23.9 Å². The highest BCUT2D eigenvalue weighted by Crippen LogP contribution is 2.21. The Kier molecular flexibility index (Phi) is 4.47. The number of aliphatic hydroxyl groups is 1. The first-order valence-corrected chi connectivity index (χ1v) is 6.09. The number of halogens is 2. The quantitative estimate of drug-likeness (QED) is 0.865. The zero-order valence-electron chi connectivity index (χ0n) is 10.3. The molecule has 0 heterocycles. The first-order valence-electron chi connectivity index (χ1n) is 6.09. The molecule has 0 bridgehead atoms. The van der Waals surface area contributed by atoms with Crippen molar-refractivity contribution in [2.75, 3.05) is 11.9 Å².